The molecule has 20 heavy (non-hydrogen) atoms. The Bertz CT molecular complexity index is 434. The summed E-state index contributed by atoms with van der Waals surface area (Å²) < 4.78 is 0. The average molecular weight is 296 g/mol. The second-order valence-corrected chi connectivity index (χ2v) is 6.61. The topological polar surface area (TPSA) is 28.2 Å². The van der Waals surface area contributed by atoms with Crippen LogP contribution >= 0.6 is 11.6 Å². The lowest BCUT2D eigenvalue weighted by atomic mass is 10.0. The normalized spacial score (nSPS) is 20.2. The molecule has 1 unspecified atom stereocenters. The summed E-state index contributed by atoms with van der Waals surface area (Å²) in [5.74, 6) is 1.77. The van der Waals surface area contributed by atoms with Crippen LogP contribution in [-0.4, -0.2) is 24.1 Å². The van der Waals surface area contributed by atoms with Crippen molar-refractivity contribution < 1.29 is 0 Å². The van der Waals surface area contributed by atoms with Gasteiger partial charge >= 0.3 is 0 Å². The monoisotopic (exact) mass is 295 g/mol. The molecule has 0 spiro atoms. The number of rotatable bonds is 4. The summed E-state index contributed by atoms with van der Waals surface area (Å²) in [4.78, 5) is 6.94. The molecule has 0 aliphatic carbocycles. The Labute approximate surface area is 127 Å². The van der Waals surface area contributed by atoms with Gasteiger partial charge in [0.15, 0.2) is 0 Å². The molecule has 0 radical (unpaired) electrons. The first kappa shape index (κ1) is 15.6. The molecule has 1 aliphatic heterocycles. The van der Waals surface area contributed by atoms with Crippen LogP contribution in [0.1, 0.15) is 45.6 Å². The minimum absolute atomic E-state index is 0.473. The van der Waals surface area contributed by atoms with Crippen LogP contribution in [0.3, 0.4) is 0 Å². The van der Waals surface area contributed by atoms with E-state index >= 15 is 0 Å². The fourth-order valence-corrected chi connectivity index (χ4v) is 2.90. The van der Waals surface area contributed by atoms with E-state index in [9.17, 15) is 0 Å². The second-order valence-electron chi connectivity index (χ2n) is 6.21. The van der Waals surface area contributed by atoms with Crippen molar-refractivity contribution in [2.24, 2.45) is 5.92 Å². The van der Waals surface area contributed by atoms with Crippen molar-refractivity contribution in [3.05, 3.63) is 22.8 Å². The van der Waals surface area contributed by atoms with E-state index < -0.39 is 0 Å². The van der Waals surface area contributed by atoms with Crippen molar-refractivity contribution in [2.45, 2.75) is 52.6 Å². The maximum atomic E-state index is 6.44. The molecular formula is C16H26ClN3. The molecule has 1 aliphatic rings. The molecule has 3 nitrogen and oxygen atoms in total. The molecule has 112 valence electrons. The SMILES string of the molecule is CC1CCCN(c2ncc(CNC(C)C)cc2Cl)CC1. The van der Waals surface area contributed by atoms with Gasteiger partial charge in [-0.05, 0) is 36.8 Å². The van der Waals surface area contributed by atoms with Crippen molar-refractivity contribution in [1.29, 1.82) is 0 Å². The molecule has 0 aromatic carbocycles. The van der Waals surface area contributed by atoms with Crippen LogP contribution in [0.25, 0.3) is 0 Å². The molecule has 1 saturated heterocycles. The fraction of sp³-hybridized carbons (Fsp3) is 0.688. The number of aromatic nitrogens is 1. The lowest BCUT2D eigenvalue weighted by molar-refractivity contribution is 0.521. The van der Waals surface area contributed by atoms with Crippen molar-refractivity contribution in [1.82, 2.24) is 10.3 Å². The number of hydrogen-bond acceptors (Lipinski definition) is 3. The van der Waals surface area contributed by atoms with Gasteiger partial charge in [-0.3, -0.25) is 0 Å². The van der Waals surface area contributed by atoms with Gasteiger partial charge in [-0.1, -0.05) is 32.4 Å². The molecular weight excluding hydrogens is 270 g/mol. The van der Waals surface area contributed by atoms with Crippen molar-refractivity contribution in [2.75, 3.05) is 18.0 Å². The minimum Gasteiger partial charge on any atom is -0.355 e. The third kappa shape index (κ3) is 4.35. The highest BCUT2D eigenvalue weighted by Gasteiger charge is 2.17. The first-order valence-corrected chi connectivity index (χ1v) is 8.07. The first-order valence-electron chi connectivity index (χ1n) is 7.69. The minimum atomic E-state index is 0.473. The summed E-state index contributed by atoms with van der Waals surface area (Å²) in [6, 6.07) is 2.52. The molecule has 1 fully saturated rings. The number of hydrogen-bond donors (Lipinski definition) is 1. The Morgan fingerprint density at radius 1 is 1.40 bits per heavy atom. The summed E-state index contributed by atoms with van der Waals surface area (Å²) in [5, 5.41) is 4.17. The number of anilines is 1. The molecule has 0 bridgehead atoms. The number of pyridine rings is 1. The van der Waals surface area contributed by atoms with Gasteiger partial charge in [0.2, 0.25) is 0 Å². The summed E-state index contributed by atoms with van der Waals surface area (Å²) in [7, 11) is 0. The molecule has 1 atom stereocenters. The van der Waals surface area contributed by atoms with Crippen molar-refractivity contribution in [3.63, 3.8) is 0 Å². The van der Waals surface area contributed by atoms with Crippen LogP contribution in [-0.2, 0) is 6.54 Å². The zero-order chi connectivity index (χ0) is 14.5. The molecule has 2 heterocycles. The highest BCUT2D eigenvalue weighted by Crippen LogP contribution is 2.27. The van der Waals surface area contributed by atoms with E-state index in [2.05, 4.69) is 36.0 Å². The molecule has 4 heteroatoms. The average Bonchev–Trinajstić information content (AvgIpc) is 2.61. The van der Waals surface area contributed by atoms with E-state index in [0.29, 0.717) is 6.04 Å². The van der Waals surface area contributed by atoms with Gasteiger partial charge in [-0.15, -0.1) is 0 Å². The number of nitrogens with zero attached hydrogens (tertiary/aromatic N) is 2. The molecule has 1 aromatic rings. The Kier molecular flexibility index (Phi) is 5.67. The van der Waals surface area contributed by atoms with E-state index in [1.54, 1.807) is 0 Å². The van der Waals surface area contributed by atoms with E-state index in [-0.39, 0.29) is 0 Å². The highest BCUT2D eigenvalue weighted by molar-refractivity contribution is 6.33. The first-order chi connectivity index (χ1) is 9.56. The maximum absolute atomic E-state index is 6.44. The third-order valence-electron chi connectivity index (χ3n) is 3.91. The standard InChI is InChI=1S/C16H26ClN3/c1-12(2)18-10-14-9-15(17)16(19-11-14)20-7-4-5-13(3)6-8-20/h9,11-13,18H,4-8,10H2,1-3H3. The fourth-order valence-electron chi connectivity index (χ4n) is 2.60. The van der Waals surface area contributed by atoms with Gasteiger partial charge in [0.1, 0.15) is 5.82 Å². The molecule has 0 amide bonds. The van der Waals surface area contributed by atoms with Crippen LogP contribution in [0, 0.1) is 5.92 Å². The van der Waals surface area contributed by atoms with Crippen LogP contribution in [0.15, 0.2) is 12.3 Å². The lowest BCUT2D eigenvalue weighted by Gasteiger charge is -2.23. The lowest BCUT2D eigenvalue weighted by Crippen LogP contribution is -2.26. The molecule has 0 saturated carbocycles. The Balaban J connectivity index is 2.05. The van der Waals surface area contributed by atoms with Crippen molar-refractivity contribution in [3.8, 4) is 0 Å². The summed E-state index contributed by atoms with van der Waals surface area (Å²) in [6.45, 7) is 9.57. The van der Waals surface area contributed by atoms with Crippen LogP contribution in [0.4, 0.5) is 5.82 Å². The van der Waals surface area contributed by atoms with Gasteiger partial charge < -0.3 is 10.2 Å². The summed E-state index contributed by atoms with van der Waals surface area (Å²) >= 11 is 6.44. The smallest absolute Gasteiger partial charge is 0.147 e. The number of halogens is 1. The Hall–Kier alpha value is -0.800. The highest BCUT2D eigenvalue weighted by atomic mass is 35.5. The van der Waals surface area contributed by atoms with E-state index in [4.69, 9.17) is 11.6 Å². The van der Waals surface area contributed by atoms with E-state index in [1.165, 1.54) is 19.3 Å². The van der Waals surface area contributed by atoms with Crippen molar-refractivity contribution >= 4 is 17.4 Å². The Morgan fingerprint density at radius 2 is 2.20 bits per heavy atom. The molecule has 1 N–H and O–H groups in total. The third-order valence-corrected chi connectivity index (χ3v) is 4.19. The van der Waals surface area contributed by atoms with Crippen LogP contribution in [0.2, 0.25) is 5.02 Å². The predicted molar refractivity (Wildman–Crippen MR) is 86.5 cm³/mol. The molecule has 1 aromatic heterocycles. The number of nitrogens with one attached hydrogen (secondary N) is 1. The van der Waals surface area contributed by atoms with Crippen LogP contribution in [0.5, 0.6) is 0 Å². The van der Waals surface area contributed by atoms with Gasteiger partial charge in [0.05, 0.1) is 5.02 Å². The van der Waals surface area contributed by atoms with E-state index in [0.717, 1.165) is 42.0 Å². The zero-order valence-corrected chi connectivity index (χ0v) is 13.6. The van der Waals surface area contributed by atoms with E-state index in [1.807, 2.05) is 12.3 Å². The summed E-state index contributed by atoms with van der Waals surface area (Å²) in [6.07, 6.45) is 5.72. The second kappa shape index (κ2) is 7.28. The zero-order valence-electron chi connectivity index (χ0n) is 12.8. The van der Waals surface area contributed by atoms with Gasteiger partial charge in [0.25, 0.3) is 0 Å². The van der Waals surface area contributed by atoms with Gasteiger partial charge in [-0.25, -0.2) is 4.98 Å². The predicted octanol–water partition coefficient (Wildman–Crippen LogP) is 3.86. The maximum Gasteiger partial charge on any atom is 0.147 e. The Morgan fingerprint density at radius 3 is 2.90 bits per heavy atom. The van der Waals surface area contributed by atoms with Crippen LogP contribution < -0.4 is 10.2 Å². The molecule has 2 rings (SSSR count). The van der Waals surface area contributed by atoms with Gasteiger partial charge in [0, 0.05) is 31.9 Å². The van der Waals surface area contributed by atoms with Gasteiger partial charge in [-0.2, -0.15) is 0 Å². The quantitative estimate of drug-likeness (QED) is 0.914. The largest absolute Gasteiger partial charge is 0.355 e. The summed E-state index contributed by atoms with van der Waals surface area (Å²) in [5.41, 5.74) is 1.15.